The van der Waals surface area contributed by atoms with Gasteiger partial charge in [0, 0.05) is 4.47 Å². The fourth-order valence-electron chi connectivity index (χ4n) is 1.43. The molecule has 0 saturated carbocycles. The number of ether oxygens (including phenoxy) is 1. The van der Waals surface area contributed by atoms with Crippen LogP contribution in [0.5, 0.6) is 5.75 Å². The van der Waals surface area contributed by atoms with Gasteiger partial charge in [-0.25, -0.2) is 0 Å². The van der Waals surface area contributed by atoms with Gasteiger partial charge in [0.25, 0.3) is 0 Å². The summed E-state index contributed by atoms with van der Waals surface area (Å²) in [7, 11) is -0.448. The summed E-state index contributed by atoms with van der Waals surface area (Å²) in [4.78, 5) is 0.210. The van der Waals surface area contributed by atoms with Crippen LogP contribution < -0.4 is 4.74 Å². The van der Waals surface area contributed by atoms with E-state index >= 15 is 0 Å². The lowest BCUT2D eigenvalue weighted by Gasteiger charge is -2.16. The smallest absolute Gasteiger partial charge is 0.205 e. The van der Waals surface area contributed by atoms with Crippen LogP contribution in [0.1, 0.15) is 5.56 Å². The van der Waals surface area contributed by atoms with E-state index in [9.17, 15) is 8.76 Å². The highest BCUT2D eigenvalue weighted by molar-refractivity contribution is 7.88. The van der Waals surface area contributed by atoms with Gasteiger partial charge >= 0.3 is 0 Å². The predicted molar refractivity (Wildman–Crippen MR) is 54.0 cm³/mol. The lowest BCUT2D eigenvalue weighted by atomic mass is 10.2. The molecule has 6 heteroatoms. The maximum Gasteiger partial charge on any atom is 0.205 e. The van der Waals surface area contributed by atoms with Crippen molar-refractivity contribution in [2.24, 2.45) is 4.47 Å². The first kappa shape index (κ1) is 10.1. The van der Waals surface area contributed by atoms with Crippen molar-refractivity contribution in [3.63, 3.8) is 0 Å². The van der Waals surface area contributed by atoms with Crippen molar-refractivity contribution in [3.8, 4) is 5.75 Å². The molecule has 1 unspecified atom stereocenters. The molecule has 1 atom stereocenters. The van der Waals surface area contributed by atoms with Crippen molar-refractivity contribution >= 4 is 16.2 Å². The molecule has 1 aromatic carbocycles. The van der Waals surface area contributed by atoms with Crippen molar-refractivity contribution in [3.05, 3.63) is 23.8 Å². The Labute approximate surface area is 88.0 Å². The molecule has 0 fully saturated rings. The van der Waals surface area contributed by atoms with Crippen LogP contribution in [0.3, 0.4) is 0 Å². The lowest BCUT2D eigenvalue weighted by molar-refractivity contribution is -0.495. The largest absolute Gasteiger partial charge is 0.756 e. The Hall–Kier alpha value is -1.40. The highest BCUT2D eigenvalue weighted by atomic mass is 32.2. The fourth-order valence-corrected chi connectivity index (χ4v) is 2.55. The molecule has 15 heavy (non-hydrogen) atoms. The van der Waals surface area contributed by atoms with Gasteiger partial charge in [0.2, 0.25) is 6.21 Å². The normalized spacial score (nSPS) is 23.8. The van der Waals surface area contributed by atoms with Gasteiger partial charge in [-0.3, -0.25) is 4.21 Å². The van der Waals surface area contributed by atoms with Crippen LogP contribution >= 0.6 is 0 Å². The summed E-state index contributed by atoms with van der Waals surface area (Å²) in [6, 6.07) is 4.76. The number of rotatable bonds is 1. The molecule has 0 amide bonds. The van der Waals surface area contributed by atoms with Crippen LogP contribution in [-0.2, 0) is 10.0 Å². The van der Waals surface area contributed by atoms with Crippen molar-refractivity contribution in [2.45, 2.75) is 4.90 Å². The summed E-state index contributed by atoms with van der Waals surface area (Å²) in [6.07, 6.45) is 1.64. The van der Waals surface area contributed by atoms with Gasteiger partial charge < -0.3 is 9.29 Å². The summed E-state index contributed by atoms with van der Waals surface area (Å²) < 4.78 is 33.0. The Kier molecular flexibility index (Phi) is 2.24. The fraction of sp³-hybridized carbons (Fsp3) is 0.222. The third-order valence-electron chi connectivity index (χ3n) is 2.06. The molecule has 1 heterocycles. The van der Waals surface area contributed by atoms with Crippen molar-refractivity contribution in [2.75, 3.05) is 14.2 Å². The van der Waals surface area contributed by atoms with E-state index in [4.69, 9.17) is 4.74 Å². The van der Waals surface area contributed by atoms with E-state index in [1.165, 1.54) is 17.9 Å². The number of benzene rings is 1. The zero-order chi connectivity index (χ0) is 11.1. The van der Waals surface area contributed by atoms with Crippen LogP contribution in [0.15, 0.2) is 27.6 Å². The third kappa shape index (κ3) is 1.73. The van der Waals surface area contributed by atoms with E-state index in [1.807, 2.05) is 0 Å². The molecule has 1 aliphatic rings. The van der Waals surface area contributed by atoms with Crippen LogP contribution in [0.2, 0.25) is 0 Å². The summed E-state index contributed by atoms with van der Waals surface area (Å²) in [5.74, 6) is 0.621. The molecule has 0 radical (unpaired) electrons. The van der Waals surface area contributed by atoms with Gasteiger partial charge in [0.1, 0.15) is 5.75 Å². The van der Waals surface area contributed by atoms with E-state index in [2.05, 4.69) is 4.47 Å². The average Bonchev–Trinajstić information content (AvgIpc) is 2.15. The molecular weight excluding hydrogens is 216 g/mol. The Morgan fingerprint density at radius 3 is 2.93 bits per heavy atom. The number of methoxy groups -OCH3 is 1. The highest BCUT2D eigenvalue weighted by Crippen LogP contribution is 2.23. The van der Waals surface area contributed by atoms with Crippen LogP contribution in [0.4, 0.5) is 0 Å². The lowest BCUT2D eigenvalue weighted by Crippen LogP contribution is -2.15. The molecule has 0 saturated heterocycles. The van der Waals surface area contributed by atoms with Crippen molar-refractivity contribution in [1.82, 2.24) is 0 Å². The second kappa shape index (κ2) is 3.32. The minimum atomic E-state index is -3.55. The molecule has 0 aliphatic carbocycles. The van der Waals surface area contributed by atoms with Crippen LogP contribution in [0, 0.1) is 0 Å². The first-order valence-corrected chi connectivity index (χ1v) is 5.70. The molecular formula is C9H10N2O3S. The zero-order valence-corrected chi connectivity index (χ0v) is 9.15. The molecule has 0 spiro atoms. The molecule has 1 aromatic rings. The van der Waals surface area contributed by atoms with E-state index in [0.717, 1.165) is 0 Å². The van der Waals surface area contributed by atoms with Crippen LogP contribution in [0.25, 0.3) is 0 Å². The first-order chi connectivity index (χ1) is 7.03. The standard InChI is InChI=1S/C9H10N2O3S/c1-11-6-7-5-8(14-2)3-4-9(7)15(12,13)10-11/h3-6H,1-2H3. The molecule has 2 rings (SSSR count). The molecule has 1 aliphatic heterocycles. The molecule has 0 aromatic heterocycles. The van der Waals surface area contributed by atoms with E-state index in [0.29, 0.717) is 11.3 Å². The number of fused-ring (bicyclic) bond motifs is 1. The van der Waals surface area contributed by atoms with Crippen molar-refractivity contribution < 1.29 is 18.2 Å². The van der Waals surface area contributed by atoms with E-state index < -0.39 is 10.0 Å². The Morgan fingerprint density at radius 2 is 2.27 bits per heavy atom. The summed E-state index contributed by atoms with van der Waals surface area (Å²) in [5.41, 5.74) is 0.590. The Morgan fingerprint density at radius 1 is 1.53 bits per heavy atom. The third-order valence-corrected chi connectivity index (χ3v) is 3.46. The predicted octanol–water partition coefficient (Wildman–Crippen LogP) is 0.642. The van der Waals surface area contributed by atoms with E-state index in [-0.39, 0.29) is 4.90 Å². The van der Waals surface area contributed by atoms with Gasteiger partial charge in [-0.2, -0.15) is 0 Å². The number of hydrogen-bond acceptors (Lipinski definition) is 4. The van der Waals surface area contributed by atoms with Gasteiger partial charge in [-0.15, -0.1) is 0 Å². The Balaban J connectivity index is 2.72. The van der Waals surface area contributed by atoms with Gasteiger partial charge in [0.15, 0.2) is 7.05 Å². The average molecular weight is 226 g/mol. The highest BCUT2D eigenvalue weighted by Gasteiger charge is 2.17. The minimum absolute atomic E-state index is 0.210. The van der Waals surface area contributed by atoms with Gasteiger partial charge in [0.05, 0.1) is 27.6 Å². The van der Waals surface area contributed by atoms with Crippen LogP contribution in [-0.4, -0.2) is 33.8 Å². The second-order valence-electron chi connectivity index (χ2n) is 3.16. The maximum atomic E-state index is 11.6. The topological polar surface area (TPSA) is 64.7 Å². The Bertz CT molecular complexity index is 556. The molecule has 80 valence electrons. The second-order valence-corrected chi connectivity index (χ2v) is 4.72. The van der Waals surface area contributed by atoms with Gasteiger partial charge in [-0.05, 0) is 18.2 Å². The first-order valence-electron chi connectivity index (χ1n) is 4.26. The summed E-state index contributed by atoms with van der Waals surface area (Å²) in [6.45, 7) is 0. The SMILES string of the molecule is COc1ccc2c(c1)C=[N+](C)N=S2(=O)[O-]. The molecule has 0 N–H and O–H groups in total. The minimum Gasteiger partial charge on any atom is -0.756 e. The zero-order valence-electron chi connectivity index (χ0n) is 8.34. The monoisotopic (exact) mass is 226 g/mol. The number of hydrogen-bond donors (Lipinski definition) is 0. The summed E-state index contributed by atoms with van der Waals surface area (Å²) in [5, 5.41) is 0. The maximum absolute atomic E-state index is 11.6. The summed E-state index contributed by atoms with van der Waals surface area (Å²) >= 11 is 0. The molecule has 5 nitrogen and oxygen atoms in total. The van der Waals surface area contributed by atoms with E-state index in [1.54, 1.807) is 25.4 Å². The molecule has 0 bridgehead atoms. The quantitative estimate of drug-likeness (QED) is 0.660. The number of nitrogens with zero attached hydrogens (tertiary/aromatic N) is 2. The van der Waals surface area contributed by atoms with Crippen molar-refractivity contribution in [1.29, 1.82) is 0 Å². The van der Waals surface area contributed by atoms with Gasteiger partial charge in [-0.1, -0.05) is 4.68 Å².